The third-order valence-corrected chi connectivity index (χ3v) is 4.86. The van der Waals surface area contributed by atoms with Crippen LogP contribution in [0.5, 0.6) is 5.88 Å². The van der Waals surface area contributed by atoms with E-state index in [1.54, 1.807) is 0 Å². The Labute approximate surface area is 153 Å². The zero-order valence-corrected chi connectivity index (χ0v) is 15.3. The molecule has 4 rings (SSSR count). The molecule has 0 spiro atoms. The first-order chi connectivity index (χ1) is 12.7. The van der Waals surface area contributed by atoms with Crippen molar-refractivity contribution < 1.29 is 4.74 Å². The standard InChI is InChI=1S/C20H25N5O/c1-14-13-22-20-18(23-15(2)16-6-4-3-5-7-16)12-19(24-25(14)20)26-17-8-10-21-11-9-17/h3-7,12-13,15,17,21,23H,8-11H2,1-2H3. The number of nitrogens with zero attached hydrogens (tertiary/aromatic N) is 3. The van der Waals surface area contributed by atoms with Crippen LogP contribution in [-0.2, 0) is 0 Å². The van der Waals surface area contributed by atoms with Crippen molar-refractivity contribution in [3.63, 3.8) is 0 Å². The van der Waals surface area contributed by atoms with E-state index in [0.29, 0.717) is 5.88 Å². The Morgan fingerprint density at radius 3 is 2.77 bits per heavy atom. The van der Waals surface area contributed by atoms with Crippen LogP contribution in [0.15, 0.2) is 42.6 Å². The van der Waals surface area contributed by atoms with E-state index < -0.39 is 0 Å². The Morgan fingerprint density at radius 1 is 1.23 bits per heavy atom. The van der Waals surface area contributed by atoms with Crippen LogP contribution in [0.25, 0.3) is 5.65 Å². The van der Waals surface area contributed by atoms with E-state index in [1.807, 2.05) is 29.8 Å². The number of aromatic nitrogens is 3. The highest BCUT2D eigenvalue weighted by molar-refractivity contribution is 5.69. The molecule has 136 valence electrons. The van der Waals surface area contributed by atoms with Gasteiger partial charge in [0.25, 0.3) is 0 Å². The maximum Gasteiger partial charge on any atom is 0.234 e. The number of nitrogens with one attached hydrogen (secondary N) is 2. The number of ether oxygens (including phenoxy) is 1. The van der Waals surface area contributed by atoms with Crippen molar-refractivity contribution in [3.8, 4) is 5.88 Å². The van der Waals surface area contributed by atoms with Gasteiger partial charge in [0.05, 0.1) is 17.6 Å². The van der Waals surface area contributed by atoms with Crippen molar-refractivity contribution in [1.82, 2.24) is 19.9 Å². The van der Waals surface area contributed by atoms with Gasteiger partial charge in [0, 0.05) is 12.1 Å². The van der Waals surface area contributed by atoms with Gasteiger partial charge in [0.1, 0.15) is 6.10 Å². The summed E-state index contributed by atoms with van der Waals surface area (Å²) in [6, 6.07) is 12.5. The van der Waals surface area contributed by atoms with Crippen molar-refractivity contribution >= 4 is 11.3 Å². The molecule has 1 fully saturated rings. The molecule has 3 aromatic rings. The van der Waals surface area contributed by atoms with Crippen LogP contribution in [0.2, 0.25) is 0 Å². The molecule has 0 aliphatic carbocycles. The number of benzene rings is 1. The lowest BCUT2D eigenvalue weighted by atomic mass is 10.1. The van der Waals surface area contributed by atoms with Gasteiger partial charge in [-0.2, -0.15) is 0 Å². The van der Waals surface area contributed by atoms with Crippen LogP contribution < -0.4 is 15.4 Å². The minimum absolute atomic E-state index is 0.158. The molecule has 1 saturated heterocycles. The molecule has 1 unspecified atom stereocenters. The number of hydrogen-bond acceptors (Lipinski definition) is 5. The van der Waals surface area contributed by atoms with Crippen molar-refractivity contribution in [2.45, 2.75) is 38.8 Å². The second-order valence-electron chi connectivity index (χ2n) is 6.88. The van der Waals surface area contributed by atoms with Gasteiger partial charge < -0.3 is 15.4 Å². The lowest BCUT2D eigenvalue weighted by Crippen LogP contribution is -2.34. The van der Waals surface area contributed by atoms with E-state index >= 15 is 0 Å². The number of imidazole rings is 1. The highest BCUT2D eigenvalue weighted by Gasteiger charge is 2.18. The summed E-state index contributed by atoms with van der Waals surface area (Å²) in [5, 5.41) is 11.6. The van der Waals surface area contributed by atoms with Gasteiger partial charge in [-0.25, -0.2) is 9.50 Å². The fourth-order valence-corrected chi connectivity index (χ4v) is 3.36. The van der Waals surface area contributed by atoms with Crippen LogP contribution in [0.1, 0.15) is 37.1 Å². The van der Waals surface area contributed by atoms with Crippen LogP contribution in [0, 0.1) is 6.92 Å². The Morgan fingerprint density at radius 2 is 2.00 bits per heavy atom. The summed E-state index contributed by atoms with van der Waals surface area (Å²) in [5.74, 6) is 0.647. The number of piperidine rings is 1. The zero-order chi connectivity index (χ0) is 17.9. The highest BCUT2D eigenvalue weighted by atomic mass is 16.5. The van der Waals surface area contributed by atoms with Crippen LogP contribution in [0.3, 0.4) is 0 Å². The smallest absolute Gasteiger partial charge is 0.234 e. The SMILES string of the molecule is Cc1cnc2c(NC(C)c3ccccc3)cc(OC3CCNCC3)nn12. The van der Waals surface area contributed by atoms with E-state index in [4.69, 9.17) is 4.74 Å². The maximum atomic E-state index is 6.18. The van der Waals surface area contributed by atoms with Crippen molar-refractivity contribution in [1.29, 1.82) is 0 Å². The quantitative estimate of drug-likeness (QED) is 0.738. The van der Waals surface area contributed by atoms with Gasteiger partial charge in [-0.1, -0.05) is 30.3 Å². The van der Waals surface area contributed by atoms with Gasteiger partial charge in [-0.15, -0.1) is 5.10 Å². The average Bonchev–Trinajstić information content (AvgIpc) is 3.04. The Balaban J connectivity index is 1.63. The molecule has 0 amide bonds. The largest absolute Gasteiger partial charge is 0.473 e. The monoisotopic (exact) mass is 351 g/mol. The Kier molecular flexibility index (Phi) is 4.75. The summed E-state index contributed by atoms with van der Waals surface area (Å²) < 4.78 is 8.03. The molecule has 0 saturated carbocycles. The van der Waals surface area contributed by atoms with Crippen LogP contribution in [0.4, 0.5) is 5.69 Å². The second kappa shape index (κ2) is 7.33. The summed E-state index contributed by atoms with van der Waals surface area (Å²) in [6.45, 7) is 6.14. The number of rotatable bonds is 5. The maximum absolute atomic E-state index is 6.18. The molecule has 1 aliphatic rings. The lowest BCUT2D eigenvalue weighted by Gasteiger charge is -2.24. The molecule has 2 N–H and O–H groups in total. The Bertz CT molecular complexity index is 871. The third-order valence-electron chi connectivity index (χ3n) is 4.86. The molecule has 1 atom stereocenters. The molecule has 6 heteroatoms. The second-order valence-corrected chi connectivity index (χ2v) is 6.88. The van der Waals surface area contributed by atoms with E-state index in [-0.39, 0.29) is 12.1 Å². The van der Waals surface area contributed by atoms with Gasteiger partial charge >= 0.3 is 0 Å². The fourth-order valence-electron chi connectivity index (χ4n) is 3.36. The summed E-state index contributed by atoms with van der Waals surface area (Å²) in [5.41, 5.74) is 3.98. The summed E-state index contributed by atoms with van der Waals surface area (Å²) in [7, 11) is 0. The van der Waals surface area contributed by atoms with Crippen LogP contribution in [-0.4, -0.2) is 33.8 Å². The van der Waals surface area contributed by atoms with Crippen LogP contribution >= 0.6 is 0 Å². The summed E-state index contributed by atoms with van der Waals surface area (Å²) in [4.78, 5) is 4.53. The average molecular weight is 351 g/mol. The lowest BCUT2D eigenvalue weighted by molar-refractivity contribution is 0.154. The highest BCUT2D eigenvalue weighted by Crippen LogP contribution is 2.27. The molecule has 1 aliphatic heterocycles. The number of hydrogen-bond donors (Lipinski definition) is 2. The fraction of sp³-hybridized carbons (Fsp3) is 0.400. The normalized spacial score (nSPS) is 16.5. The van der Waals surface area contributed by atoms with Crippen molar-refractivity contribution in [2.24, 2.45) is 0 Å². The predicted octanol–water partition coefficient (Wildman–Crippen LogP) is 3.34. The van der Waals surface area contributed by atoms with E-state index in [0.717, 1.165) is 43.0 Å². The Hall–Kier alpha value is -2.60. The van der Waals surface area contributed by atoms with Crippen molar-refractivity contribution in [2.75, 3.05) is 18.4 Å². The molecular formula is C20H25N5O. The van der Waals surface area contributed by atoms with Gasteiger partial charge in [0.15, 0.2) is 5.65 Å². The van der Waals surface area contributed by atoms with E-state index in [9.17, 15) is 0 Å². The summed E-state index contributed by atoms with van der Waals surface area (Å²) >= 11 is 0. The van der Waals surface area contributed by atoms with Crippen molar-refractivity contribution in [3.05, 3.63) is 53.9 Å². The topological polar surface area (TPSA) is 63.5 Å². The molecule has 6 nitrogen and oxygen atoms in total. The number of fused-ring (bicyclic) bond motifs is 1. The zero-order valence-electron chi connectivity index (χ0n) is 15.3. The first-order valence-corrected chi connectivity index (χ1v) is 9.25. The molecule has 2 aromatic heterocycles. The predicted molar refractivity (Wildman–Crippen MR) is 103 cm³/mol. The van der Waals surface area contributed by atoms with Gasteiger partial charge in [-0.3, -0.25) is 0 Å². The molecule has 26 heavy (non-hydrogen) atoms. The molecular weight excluding hydrogens is 326 g/mol. The first-order valence-electron chi connectivity index (χ1n) is 9.25. The minimum Gasteiger partial charge on any atom is -0.473 e. The number of anilines is 1. The van der Waals surface area contributed by atoms with E-state index in [2.05, 4.69) is 51.9 Å². The van der Waals surface area contributed by atoms with Gasteiger partial charge in [0.2, 0.25) is 5.88 Å². The van der Waals surface area contributed by atoms with Gasteiger partial charge in [-0.05, 0) is 45.3 Å². The molecule has 3 heterocycles. The third kappa shape index (κ3) is 3.51. The number of aryl methyl sites for hydroxylation is 1. The first kappa shape index (κ1) is 16.8. The molecule has 0 bridgehead atoms. The molecule has 1 aromatic carbocycles. The molecule has 0 radical (unpaired) electrons. The van der Waals surface area contributed by atoms with E-state index in [1.165, 1.54) is 5.56 Å². The minimum atomic E-state index is 0.158. The summed E-state index contributed by atoms with van der Waals surface area (Å²) in [6.07, 6.45) is 4.07.